The third-order valence-electron chi connectivity index (χ3n) is 0. The molecule has 0 aromatic heterocycles. The van der Waals surface area contributed by atoms with Gasteiger partial charge in [-0.1, -0.05) is 0 Å². The van der Waals surface area contributed by atoms with Gasteiger partial charge in [-0.15, -0.1) is 0 Å². The molecule has 0 bridgehead atoms. The molecule has 0 saturated heterocycles. The van der Waals surface area contributed by atoms with Gasteiger partial charge in [0, 0.05) is 17.1 Å². The van der Waals surface area contributed by atoms with Crippen molar-refractivity contribution in [2.24, 2.45) is 0 Å². The first-order chi connectivity index (χ1) is 1.00. The third kappa shape index (κ3) is 10.5. The maximum atomic E-state index is 8.25. The van der Waals surface area contributed by atoms with Gasteiger partial charge in [0.2, 0.25) is 0 Å². The molecule has 0 aliphatic rings. The Morgan fingerprint density at radius 2 is 1.25 bits per heavy atom. The van der Waals surface area contributed by atoms with E-state index in [4.69, 9.17) is 3.32 Å². The molecule has 0 aliphatic carbocycles. The summed E-state index contributed by atoms with van der Waals surface area (Å²) in [7, 11) is 0. The Morgan fingerprint density at radius 1 is 1.25 bits per heavy atom. The number of hydrogen-bond acceptors (Lipinski definition) is 1. The predicted octanol–water partition coefficient (Wildman–Crippen LogP) is -1.31. The summed E-state index contributed by atoms with van der Waals surface area (Å²) in [6.07, 6.45) is 0. The van der Waals surface area contributed by atoms with Crippen molar-refractivity contribution >= 4 is 11.0 Å². The first-order valence-corrected chi connectivity index (χ1v) is 0.842. The zero-order chi connectivity index (χ0) is 2.00. The minimum Gasteiger partial charge on any atom is -0.0125 e. The fourth-order valence-corrected chi connectivity index (χ4v) is 0. The molecule has 0 rings (SSSR count). The number of hydrogen-bond donors (Lipinski definition) is 0. The van der Waals surface area contributed by atoms with E-state index in [0.717, 1.165) is 20.4 Å². The van der Waals surface area contributed by atoms with Crippen molar-refractivity contribution < 1.29 is 40.8 Å². The van der Waals surface area contributed by atoms with Gasteiger partial charge >= 0.3 is 23.7 Å². The van der Waals surface area contributed by atoms with E-state index < -0.39 is 0 Å². The van der Waals surface area contributed by atoms with Gasteiger partial charge in [0.15, 0.2) is 0 Å². The Morgan fingerprint density at radius 3 is 1.25 bits per heavy atom. The normalized spacial score (nSPS) is 0.750. The predicted molar refractivity (Wildman–Crippen MR) is 10.6 cm³/mol. The Balaban J connectivity index is -0.00000000500. The quantitative estimate of drug-likeness (QED) is 0.393. The summed E-state index contributed by atoms with van der Waals surface area (Å²) in [4.78, 5) is 0. The summed E-state index contributed by atoms with van der Waals surface area (Å²) in [5.74, 6) is 0. The second-order valence-corrected chi connectivity index (χ2v) is 0. The van der Waals surface area contributed by atoms with Crippen molar-refractivity contribution in [3.8, 4) is 0 Å². The average Bonchev–Trinajstić information content (AvgIpc) is 1.00. The van der Waals surface area contributed by atoms with Crippen molar-refractivity contribution in [1.82, 2.24) is 0 Å². The summed E-state index contributed by atoms with van der Waals surface area (Å²) in [5.41, 5.74) is 0. The molecule has 0 unspecified atom stereocenters. The smallest absolute Gasteiger partial charge is 0.0125 e. The molecule has 4 heteroatoms. The maximum Gasteiger partial charge on any atom is -0.0125 e. The van der Waals surface area contributed by atoms with Gasteiger partial charge in [0.25, 0.3) is 0 Å². The van der Waals surface area contributed by atoms with Crippen LogP contribution in [0.2, 0.25) is 0 Å². The largest absolute Gasteiger partial charge is 0.0125 e. The summed E-state index contributed by atoms with van der Waals surface area (Å²) >= 11 is 0.750. The average molecular weight is 151 g/mol. The fourth-order valence-electron chi connectivity index (χ4n) is 0. The van der Waals surface area contributed by atoms with Gasteiger partial charge in [0.1, 0.15) is 0 Å². The molecule has 0 aromatic rings. The zero-order valence-corrected chi connectivity index (χ0v) is 6.93. The Kier molecular flexibility index (Phi) is 134. The van der Waals surface area contributed by atoms with Crippen LogP contribution in [0.5, 0.6) is 0 Å². The second-order valence-electron chi connectivity index (χ2n) is 0. The summed E-state index contributed by atoms with van der Waals surface area (Å²) < 4.78 is 8.25. The molecular weight excluding hydrogens is 148 g/mol. The van der Waals surface area contributed by atoms with E-state index in [1.165, 1.54) is 0 Å². The van der Waals surface area contributed by atoms with Crippen LogP contribution in [0.3, 0.4) is 0 Å². The van der Waals surface area contributed by atoms with Crippen LogP contribution in [-0.2, 0) is 40.8 Å². The van der Waals surface area contributed by atoms with E-state index in [0.29, 0.717) is 0 Å². The summed E-state index contributed by atoms with van der Waals surface area (Å²) in [6, 6.07) is 0. The number of rotatable bonds is 0. The fraction of sp³-hybridized carbons (Fsp3) is 0. The molecule has 0 fully saturated rings. The van der Waals surface area contributed by atoms with Gasteiger partial charge in [-0.2, -0.15) is 0 Å². The molecule has 4 heavy (non-hydrogen) atoms. The van der Waals surface area contributed by atoms with Crippen LogP contribution in [0.25, 0.3) is 0 Å². The zero-order valence-electron chi connectivity index (χ0n) is 2.26. The van der Waals surface area contributed by atoms with Crippen LogP contribution in [-0.4, -0.2) is 11.0 Å². The molecule has 0 aliphatic heterocycles. The van der Waals surface area contributed by atoms with Gasteiger partial charge < -0.3 is 0 Å². The first-order valence-electron chi connectivity index (χ1n) is 0.204. The minimum absolute atomic E-state index is 0. The van der Waals surface area contributed by atoms with Crippen LogP contribution < -0.4 is 0 Å². The topological polar surface area (TPSA) is 17.1 Å². The molecule has 0 aromatic carbocycles. The molecular formula is H3FeOSiTi. The van der Waals surface area contributed by atoms with Crippen molar-refractivity contribution in [3.63, 3.8) is 0 Å². The molecule has 0 N–H and O–H groups in total. The van der Waals surface area contributed by atoms with E-state index in [9.17, 15) is 0 Å². The molecule has 1 nitrogen and oxygen atoms in total. The second kappa shape index (κ2) is 28.7. The van der Waals surface area contributed by atoms with Crippen molar-refractivity contribution in [2.75, 3.05) is 0 Å². The SMILES string of the molecule is [Fe].[O]=[Ti].[SiH3]. The molecule has 1 radical (unpaired) electrons. The van der Waals surface area contributed by atoms with Gasteiger partial charge in [-0.3, -0.25) is 0 Å². The van der Waals surface area contributed by atoms with Gasteiger partial charge in [0.05, 0.1) is 0 Å². The monoisotopic (exact) mass is 151 g/mol. The molecule has 0 heterocycles. The molecule has 0 spiro atoms. The van der Waals surface area contributed by atoms with Crippen LogP contribution in [0.4, 0.5) is 0 Å². The summed E-state index contributed by atoms with van der Waals surface area (Å²) in [5, 5.41) is 0. The molecule has 0 saturated carbocycles. The standard InChI is InChI=1S/Fe.O.H3Si.Ti/h;;1H3;. The van der Waals surface area contributed by atoms with E-state index in [-0.39, 0.29) is 28.0 Å². The van der Waals surface area contributed by atoms with Crippen LogP contribution in [0.1, 0.15) is 0 Å². The van der Waals surface area contributed by atoms with Crippen LogP contribution in [0, 0.1) is 0 Å². The van der Waals surface area contributed by atoms with E-state index in [1.54, 1.807) is 0 Å². The van der Waals surface area contributed by atoms with E-state index in [1.807, 2.05) is 0 Å². The minimum atomic E-state index is 0. The first kappa shape index (κ1) is 18.7. The van der Waals surface area contributed by atoms with Crippen LogP contribution in [0.15, 0.2) is 0 Å². The van der Waals surface area contributed by atoms with E-state index in [2.05, 4.69) is 0 Å². The third-order valence-corrected chi connectivity index (χ3v) is 0. The Labute approximate surface area is 51.8 Å². The Bertz CT molecular complexity index is 8.00. The van der Waals surface area contributed by atoms with Crippen molar-refractivity contribution in [2.45, 2.75) is 0 Å². The maximum absolute atomic E-state index is 8.25. The van der Waals surface area contributed by atoms with Gasteiger partial charge in [-0.25, -0.2) is 0 Å². The molecule has 0 amide bonds. The van der Waals surface area contributed by atoms with Crippen LogP contribution >= 0.6 is 0 Å². The van der Waals surface area contributed by atoms with Crippen molar-refractivity contribution in [1.29, 1.82) is 0 Å². The Hall–Kier alpha value is 1.25. The van der Waals surface area contributed by atoms with Crippen molar-refractivity contribution in [3.05, 3.63) is 0 Å². The molecule has 0 atom stereocenters. The summed E-state index contributed by atoms with van der Waals surface area (Å²) in [6.45, 7) is 0. The van der Waals surface area contributed by atoms with E-state index >= 15 is 0 Å². The molecule has 25 valence electrons. The van der Waals surface area contributed by atoms with Gasteiger partial charge in [-0.05, 0) is 11.0 Å².